The van der Waals surface area contributed by atoms with Crippen LogP contribution in [0.2, 0.25) is 0 Å². The number of aromatic nitrogens is 2. The number of rotatable bonds is 4. The van der Waals surface area contributed by atoms with E-state index in [0.29, 0.717) is 6.04 Å². The van der Waals surface area contributed by atoms with Crippen LogP contribution in [0.3, 0.4) is 0 Å². The zero-order valence-electron chi connectivity index (χ0n) is 12.3. The summed E-state index contributed by atoms with van der Waals surface area (Å²) in [5.41, 5.74) is 2.54. The summed E-state index contributed by atoms with van der Waals surface area (Å²) >= 11 is 0. The average molecular weight is 282 g/mol. The summed E-state index contributed by atoms with van der Waals surface area (Å²) in [6.45, 7) is 4.63. The van der Waals surface area contributed by atoms with E-state index in [1.807, 2.05) is 23.1 Å². The monoisotopic (exact) mass is 282 g/mol. The zero-order valence-corrected chi connectivity index (χ0v) is 12.3. The lowest BCUT2D eigenvalue weighted by Gasteiger charge is -2.45. The first-order valence-corrected chi connectivity index (χ1v) is 7.92. The number of hydrogen-bond acceptors (Lipinski definition) is 3. The van der Waals surface area contributed by atoms with E-state index in [1.54, 1.807) is 0 Å². The Hall–Kier alpha value is -1.81. The Balaban J connectivity index is 1.45. The van der Waals surface area contributed by atoms with Crippen molar-refractivity contribution in [3.63, 3.8) is 0 Å². The molecular weight excluding hydrogens is 260 g/mol. The predicted octanol–water partition coefficient (Wildman–Crippen LogP) is 2.44. The summed E-state index contributed by atoms with van der Waals surface area (Å²) in [6.07, 6.45) is 6.54. The lowest BCUT2D eigenvalue weighted by atomic mass is 9.84. The summed E-state index contributed by atoms with van der Waals surface area (Å²) in [7, 11) is 0. The van der Waals surface area contributed by atoms with E-state index in [4.69, 9.17) is 0 Å². The molecule has 1 N–H and O–H groups in total. The van der Waals surface area contributed by atoms with Gasteiger partial charge in [-0.15, -0.1) is 0 Å². The molecule has 1 aromatic heterocycles. The molecule has 0 saturated carbocycles. The van der Waals surface area contributed by atoms with Gasteiger partial charge in [0.2, 0.25) is 0 Å². The average Bonchev–Trinajstić information content (AvgIpc) is 3.02. The van der Waals surface area contributed by atoms with Crippen LogP contribution in [0.5, 0.6) is 0 Å². The van der Waals surface area contributed by atoms with Gasteiger partial charge in [-0.1, -0.05) is 12.1 Å². The molecule has 5 rings (SSSR count). The van der Waals surface area contributed by atoms with E-state index in [9.17, 15) is 0 Å². The molecule has 4 heterocycles. The van der Waals surface area contributed by atoms with Crippen molar-refractivity contribution in [1.82, 2.24) is 14.7 Å². The Morgan fingerprint density at radius 2 is 2.10 bits per heavy atom. The van der Waals surface area contributed by atoms with Gasteiger partial charge in [-0.05, 0) is 55.6 Å². The molecule has 2 bridgehead atoms. The van der Waals surface area contributed by atoms with E-state index in [0.717, 1.165) is 12.5 Å². The molecule has 0 radical (unpaired) electrons. The smallest absolute Gasteiger partial charge is 0.0660 e. The first-order chi connectivity index (χ1) is 10.4. The van der Waals surface area contributed by atoms with Gasteiger partial charge in [-0.3, -0.25) is 4.68 Å². The van der Waals surface area contributed by atoms with Crippen molar-refractivity contribution in [2.45, 2.75) is 25.4 Å². The van der Waals surface area contributed by atoms with Gasteiger partial charge < -0.3 is 10.2 Å². The van der Waals surface area contributed by atoms with Crippen LogP contribution in [0.4, 0.5) is 5.69 Å². The van der Waals surface area contributed by atoms with Crippen LogP contribution in [0.25, 0.3) is 0 Å². The minimum Gasteiger partial charge on any atom is -0.381 e. The Labute approximate surface area is 125 Å². The number of benzene rings is 1. The van der Waals surface area contributed by atoms with E-state index in [1.165, 1.54) is 43.7 Å². The topological polar surface area (TPSA) is 33.1 Å². The van der Waals surface area contributed by atoms with Gasteiger partial charge in [-0.25, -0.2) is 0 Å². The molecule has 2 aromatic rings. The van der Waals surface area contributed by atoms with Crippen molar-refractivity contribution in [3.05, 3.63) is 48.3 Å². The fourth-order valence-electron chi connectivity index (χ4n) is 3.68. The second-order valence-corrected chi connectivity index (χ2v) is 6.29. The molecule has 3 aliphatic heterocycles. The lowest BCUT2D eigenvalue weighted by Crippen LogP contribution is -2.53. The van der Waals surface area contributed by atoms with Crippen molar-refractivity contribution in [2.75, 3.05) is 25.0 Å². The molecule has 3 aliphatic rings. The first-order valence-electron chi connectivity index (χ1n) is 7.92. The number of piperidine rings is 3. The van der Waals surface area contributed by atoms with Gasteiger partial charge in [-0.2, -0.15) is 5.10 Å². The summed E-state index contributed by atoms with van der Waals surface area (Å²) in [5, 5.41) is 8.04. The van der Waals surface area contributed by atoms with Crippen LogP contribution < -0.4 is 5.32 Å². The zero-order chi connectivity index (χ0) is 14.1. The van der Waals surface area contributed by atoms with Crippen LogP contribution in [-0.2, 0) is 6.54 Å². The van der Waals surface area contributed by atoms with Gasteiger partial charge in [0.1, 0.15) is 0 Å². The van der Waals surface area contributed by atoms with Crippen molar-refractivity contribution >= 4 is 5.69 Å². The third-order valence-corrected chi connectivity index (χ3v) is 4.84. The summed E-state index contributed by atoms with van der Waals surface area (Å²) in [5.74, 6) is 0.852. The van der Waals surface area contributed by atoms with Crippen LogP contribution in [0.1, 0.15) is 18.4 Å². The highest BCUT2D eigenvalue weighted by atomic mass is 15.3. The van der Waals surface area contributed by atoms with Crippen molar-refractivity contribution in [2.24, 2.45) is 5.92 Å². The largest absolute Gasteiger partial charge is 0.381 e. The van der Waals surface area contributed by atoms with E-state index in [-0.39, 0.29) is 0 Å². The molecule has 0 aliphatic carbocycles. The van der Waals surface area contributed by atoms with E-state index >= 15 is 0 Å². The van der Waals surface area contributed by atoms with Crippen LogP contribution in [0, 0.1) is 5.92 Å². The number of anilines is 1. The summed E-state index contributed by atoms with van der Waals surface area (Å²) < 4.78 is 1.97. The minimum atomic E-state index is 0.618. The number of fused-ring (bicyclic) bond motifs is 3. The van der Waals surface area contributed by atoms with E-state index < -0.39 is 0 Å². The lowest BCUT2D eigenvalue weighted by molar-refractivity contribution is 0.0975. The number of nitrogens with zero attached hydrogens (tertiary/aromatic N) is 3. The van der Waals surface area contributed by atoms with Crippen molar-refractivity contribution in [1.29, 1.82) is 0 Å². The minimum absolute atomic E-state index is 0.618. The van der Waals surface area contributed by atoms with Gasteiger partial charge >= 0.3 is 0 Å². The first kappa shape index (κ1) is 12.9. The van der Waals surface area contributed by atoms with Crippen molar-refractivity contribution in [3.8, 4) is 0 Å². The Kier molecular flexibility index (Phi) is 3.39. The van der Waals surface area contributed by atoms with Gasteiger partial charge in [0.05, 0.1) is 6.54 Å². The summed E-state index contributed by atoms with van der Waals surface area (Å²) in [6, 6.07) is 11.3. The Morgan fingerprint density at radius 1 is 1.19 bits per heavy atom. The standard InChI is InChI=1S/C17H22N4/c1-3-14(12-21-8-2-7-18-21)11-16(4-1)19-17-13-20-9-5-15(17)6-10-20/h1-4,7-8,11,15,17,19H,5-6,9-10,12-13H2. The van der Waals surface area contributed by atoms with Crippen LogP contribution >= 0.6 is 0 Å². The third kappa shape index (κ3) is 2.81. The maximum atomic E-state index is 4.28. The molecule has 4 heteroatoms. The molecule has 3 fully saturated rings. The van der Waals surface area contributed by atoms with Crippen LogP contribution in [0.15, 0.2) is 42.7 Å². The number of nitrogens with one attached hydrogen (secondary N) is 1. The molecule has 1 atom stereocenters. The normalized spacial score (nSPS) is 27.7. The molecular formula is C17H22N4. The SMILES string of the molecule is c1cc(Cn2cccn2)cc(NC2CN3CCC2CC3)c1. The Bertz CT molecular complexity index is 585. The molecule has 1 unspecified atom stereocenters. The van der Waals surface area contributed by atoms with E-state index in [2.05, 4.69) is 39.6 Å². The quantitative estimate of drug-likeness (QED) is 0.935. The maximum absolute atomic E-state index is 4.28. The highest BCUT2D eigenvalue weighted by molar-refractivity contribution is 5.47. The Morgan fingerprint density at radius 3 is 2.81 bits per heavy atom. The second-order valence-electron chi connectivity index (χ2n) is 6.29. The molecule has 1 aromatic carbocycles. The van der Waals surface area contributed by atoms with Gasteiger partial charge in [0.15, 0.2) is 0 Å². The molecule has 0 amide bonds. The highest BCUT2D eigenvalue weighted by Gasteiger charge is 2.33. The van der Waals surface area contributed by atoms with Gasteiger partial charge in [0, 0.05) is 30.7 Å². The second kappa shape index (κ2) is 5.53. The molecule has 110 valence electrons. The third-order valence-electron chi connectivity index (χ3n) is 4.84. The fourth-order valence-corrected chi connectivity index (χ4v) is 3.68. The van der Waals surface area contributed by atoms with Crippen molar-refractivity contribution < 1.29 is 0 Å². The predicted molar refractivity (Wildman–Crippen MR) is 84.3 cm³/mol. The fraction of sp³-hybridized carbons (Fsp3) is 0.471. The highest BCUT2D eigenvalue weighted by Crippen LogP contribution is 2.29. The molecule has 4 nitrogen and oxygen atoms in total. The molecule has 0 spiro atoms. The summed E-state index contributed by atoms with van der Waals surface area (Å²) in [4.78, 5) is 2.59. The maximum Gasteiger partial charge on any atom is 0.0660 e. The molecule has 21 heavy (non-hydrogen) atoms. The number of hydrogen-bond donors (Lipinski definition) is 1. The molecule has 3 saturated heterocycles. The van der Waals surface area contributed by atoms with Gasteiger partial charge in [0.25, 0.3) is 0 Å². The van der Waals surface area contributed by atoms with Crippen LogP contribution in [-0.4, -0.2) is 40.4 Å².